The van der Waals surface area contributed by atoms with Crippen LogP contribution < -0.4 is 11.0 Å². The van der Waals surface area contributed by atoms with Gasteiger partial charge in [0.1, 0.15) is 5.54 Å². The molecule has 6 nitrogen and oxygen atoms in total. The van der Waals surface area contributed by atoms with Gasteiger partial charge in [-0.25, -0.2) is 4.79 Å². The summed E-state index contributed by atoms with van der Waals surface area (Å²) in [6.07, 6.45) is 1.61. The third kappa shape index (κ3) is 3.15. The minimum Gasteiger partial charge on any atom is -0.464 e. The highest BCUT2D eigenvalue weighted by Gasteiger charge is 2.52. The fourth-order valence-electron chi connectivity index (χ4n) is 2.47. The fourth-order valence-corrected chi connectivity index (χ4v) is 2.47. The molecule has 0 unspecified atom stereocenters. The Morgan fingerprint density at radius 1 is 1.21 bits per heavy atom. The second kappa shape index (κ2) is 6.04. The Balaban J connectivity index is 2.40. The summed E-state index contributed by atoms with van der Waals surface area (Å²) in [5, 5.41) is 0. The summed E-state index contributed by atoms with van der Waals surface area (Å²) in [6, 6.07) is 3.09. The van der Waals surface area contributed by atoms with E-state index in [9.17, 15) is 9.59 Å². The maximum absolute atomic E-state index is 12.3. The van der Waals surface area contributed by atoms with Crippen molar-refractivity contribution in [2.75, 3.05) is 6.61 Å². The van der Waals surface area contributed by atoms with Gasteiger partial charge in [-0.3, -0.25) is 9.36 Å². The molecular formula is C17H26BNO5. The van der Waals surface area contributed by atoms with Crippen LogP contribution in [0.25, 0.3) is 0 Å². The lowest BCUT2D eigenvalue weighted by atomic mass is 9.80. The lowest BCUT2D eigenvalue weighted by Gasteiger charge is -2.32. The van der Waals surface area contributed by atoms with Crippen LogP contribution in [0.1, 0.15) is 48.5 Å². The molecule has 1 aromatic rings. The van der Waals surface area contributed by atoms with Gasteiger partial charge in [-0.05, 0) is 53.9 Å². The van der Waals surface area contributed by atoms with E-state index in [1.54, 1.807) is 33.0 Å². The van der Waals surface area contributed by atoms with Crippen LogP contribution in [0, 0.1) is 0 Å². The first-order valence-corrected chi connectivity index (χ1v) is 8.18. The zero-order valence-corrected chi connectivity index (χ0v) is 15.5. The van der Waals surface area contributed by atoms with Gasteiger partial charge in [-0.2, -0.15) is 0 Å². The molecule has 0 bridgehead atoms. The van der Waals surface area contributed by atoms with E-state index in [1.165, 1.54) is 10.6 Å². The average Bonchev–Trinajstić information content (AvgIpc) is 2.68. The van der Waals surface area contributed by atoms with Gasteiger partial charge in [0.05, 0.1) is 17.8 Å². The first-order valence-electron chi connectivity index (χ1n) is 8.18. The van der Waals surface area contributed by atoms with Crippen LogP contribution in [0.2, 0.25) is 0 Å². The van der Waals surface area contributed by atoms with Crippen molar-refractivity contribution < 1.29 is 18.8 Å². The molecule has 1 aromatic heterocycles. The van der Waals surface area contributed by atoms with Crippen molar-refractivity contribution in [2.45, 2.75) is 65.2 Å². The van der Waals surface area contributed by atoms with Crippen LogP contribution in [-0.4, -0.2) is 35.5 Å². The Kier molecular flexibility index (Phi) is 4.72. The molecule has 0 atom stereocenters. The van der Waals surface area contributed by atoms with Gasteiger partial charge in [0.15, 0.2) is 0 Å². The lowest BCUT2D eigenvalue weighted by molar-refractivity contribution is -0.152. The van der Waals surface area contributed by atoms with Crippen LogP contribution in [0.4, 0.5) is 0 Å². The molecule has 0 radical (unpaired) electrons. The Morgan fingerprint density at radius 2 is 1.75 bits per heavy atom. The molecule has 0 amide bonds. The maximum atomic E-state index is 12.3. The summed E-state index contributed by atoms with van der Waals surface area (Å²) in [5.41, 5.74) is -1.67. The Labute approximate surface area is 143 Å². The molecule has 1 aliphatic rings. The molecule has 7 heteroatoms. The quantitative estimate of drug-likeness (QED) is 0.615. The van der Waals surface area contributed by atoms with E-state index in [0.29, 0.717) is 5.46 Å². The topological polar surface area (TPSA) is 66.8 Å². The maximum Gasteiger partial charge on any atom is 0.496 e. The number of ether oxygens (including phenoxy) is 1. The highest BCUT2D eigenvalue weighted by atomic mass is 16.7. The van der Waals surface area contributed by atoms with Crippen molar-refractivity contribution in [3.63, 3.8) is 0 Å². The molecule has 0 aliphatic carbocycles. The third-order valence-corrected chi connectivity index (χ3v) is 4.84. The summed E-state index contributed by atoms with van der Waals surface area (Å²) >= 11 is 0. The van der Waals surface area contributed by atoms with Crippen LogP contribution in [-0.2, 0) is 24.4 Å². The van der Waals surface area contributed by atoms with E-state index in [1.807, 2.05) is 27.7 Å². The van der Waals surface area contributed by atoms with E-state index in [2.05, 4.69) is 0 Å². The zero-order valence-electron chi connectivity index (χ0n) is 15.5. The van der Waals surface area contributed by atoms with E-state index >= 15 is 0 Å². The third-order valence-electron chi connectivity index (χ3n) is 4.84. The van der Waals surface area contributed by atoms with Gasteiger partial charge in [0.2, 0.25) is 0 Å². The average molecular weight is 335 g/mol. The SMILES string of the molecule is CCOC(=O)C(C)(C)n1cc(B2OC(C)(C)C(C)(C)O2)ccc1=O. The molecule has 132 valence electrons. The van der Waals surface area contributed by atoms with Gasteiger partial charge >= 0.3 is 13.1 Å². The van der Waals surface area contributed by atoms with Crippen LogP contribution in [0.3, 0.4) is 0 Å². The van der Waals surface area contributed by atoms with Crippen molar-refractivity contribution in [2.24, 2.45) is 0 Å². The summed E-state index contributed by atoms with van der Waals surface area (Å²) < 4.78 is 18.5. The molecule has 0 spiro atoms. The van der Waals surface area contributed by atoms with Crippen molar-refractivity contribution in [1.82, 2.24) is 4.57 Å². The number of hydrogen-bond acceptors (Lipinski definition) is 5. The Hall–Kier alpha value is -1.60. The van der Waals surface area contributed by atoms with Crippen molar-refractivity contribution >= 4 is 18.6 Å². The molecule has 1 saturated heterocycles. The smallest absolute Gasteiger partial charge is 0.464 e. The molecule has 1 aliphatic heterocycles. The predicted molar refractivity (Wildman–Crippen MR) is 92.4 cm³/mol. The van der Waals surface area contributed by atoms with Crippen LogP contribution in [0.15, 0.2) is 23.1 Å². The zero-order chi connectivity index (χ0) is 18.3. The highest BCUT2D eigenvalue weighted by molar-refractivity contribution is 6.62. The van der Waals surface area contributed by atoms with E-state index in [4.69, 9.17) is 14.0 Å². The van der Waals surface area contributed by atoms with Crippen LogP contribution >= 0.6 is 0 Å². The number of esters is 1. The summed E-state index contributed by atoms with van der Waals surface area (Å²) in [7, 11) is -0.597. The van der Waals surface area contributed by atoms with Crippen molar-refractivity contribution in [1.29, 1.82) is 0 Å². The van der Waals surface area contributed by atoms with Gasteiger partial charge in [-0.1, -0.05) is 6.07 Å². The molecule has 24 heavy (non-hydrogen) atoms. The Bertz CT molecular complexity index is 676. The number of carbonyl (C=O) groups excluding carboxylic acids is 1. The minimum absolute atomic E-state index is 0.258. The number of carbonyl (C=O) groups is 1. The van der Waals surface area contributed by atoms with Crippen molar-refractivity contribution in [3.05, 3.63) is 28.7 Å². The second-order valence-corrected chi connectivity index (χ2v) is 7.54. The number of pyridine rings is 1. The number of nitrogens with zero attached hydrogens (tertiary/aromatic N) is 1. The number of rotatable bonds is 4. The normalized spacial score (nSPS) is 19.4. The lowest BCUT2D eigenvalue weighted by Crippen LogP contribution is -2.46. The number of aromatic nitrogens is 1. The molecular weight excluding hydrogens is 309 g/mol. The standard InChI is InChI=1S/C17H26BNO5/c1-8-22-14(21)15(2,3)19-11-12(9-10-13(19)20)18-23-16(4,5)17(6,7)24-18/h9-11H,8H2,1-7H3. The molecule has 1 fully saturated rings. The van der Waals surface area contributed by atoms with Crippen LogP contribution in [0.5, 0.6) is 0 Å². The van der Waals surface area contributed by atoms with Gasteiger partial charge in [-0.15, -0.1) is 0 Å². The van der Waals surface area contributed by atoms with E-state index in [-0.39, 0.29) is 12.2 Å². The monoisotopic (exact) mass is 335 g/mol. The Morgan fingerprint density at radius 3 is 2.25 bits per heavy atom. The molecule has 2 heterocycles. The summed E-state index contributed by atoms with van der Waals surface area (Å²) in [5.74, 6) is -0.460. The van der Waals surface area contributed by atoms with Gasteiger partial charge in [0.25, 0.3) is 5.56 Å². The molecule has 2 rings (SSSR count). The first kappa shape index (κ1) is 18.7. The van der Waals surface area contributed by atoms with Gasteiger partial charge in [0, 0.05) is 12.3 Å². The van der Waals surface area contributed by atoms with Gasteiger partial charge < -0.3 is 14.0 Å². The predicted octanol–water partition coefficient (Wildman–Crippen LogP) is 1.45. The number of hydrogen-bond donors (Lipinski definition) is 0. The summed E-state index contributed by atoms with van der Waals surface area (Å²) in [4.78, 5) is 24.5. The minimum atomic E-state index is -1.12. The highest BCUT2D eigenvalue weighted by Crippen LogP contribution is 2.36. The first-order chi connectivity index (χ1) is 10.9. The van der Waals surface area contributed by atoms with E-state index < -0.39 is 29.8 Å². The van der Waals surface area contributed by atoms with Crippen molar-refractivity contribution in [3.8, 4) is 0 Å². The van der Waals surface area contributed by atoms with E-state index in [0.717, 1.165) is 0 Å². The molecule has 0 saturated carbocycles. The second-order valence-electron chi connectivity index (χ2n) is 7.54. The molecule has 0 N–H and O–H groups in total. The summed E-state index contributed by atoms with van der Waals surface area (Å²) in [6.45, 7) is 13.2. The fraction of sp³-hybridized carbons (Fsp3) is 0.647. The largest absolute Gasteiger partial charge is 0.496 e. The molecule has 0 aromatic carbocycles.